The van der Waals surface area contributed by atoms with Crippen molar-refractivity contribution in [2.45, 2.75) is 11.8 Å². The van der Waals surface area contributed by atoms with Gasteiger partial charge in [-0.1, -0.05) is 18.2 Å². The van der Waals surface area contributed by atoms with Crippen molar-refractivity contribution < 1.29 is 13.4 Å². The molecule has 0 spiro atoms. The summed E-state index contributed by atoms with van der Waals surface area (Å²) in [6, 6.07) is 5.26. The van der Waals surface area contributed by atoms with Gasteiger partial charge in [0.1, 0.15) is 10.7 Å². The second-order valence-corrected chi connectivity index (χ2v) is 7.58. The fourth-order valence-corrected chi connectivity index (χ4v) is 3.58. The van der Waals surface area contributed by atoms with Gasteiger partial charge in [-0.3, -0.25) is 4.79 Å². The Morgan fingerprint density at radius 2 is 2.13 bits per heavy atom. The van der Waals surface area contributed by atoms with E-state index in [1.165, 1.54) is 11.8 Å². The molecule has 1 aromatic carbocycles. The fourth-order valence-electron chi connectivity index (χ4n) is 3.14. The van der Waals surface area contributed by atoms with Gasteiger partial charge in [0.05, 0.1) is 31.1 Å². The summed E-state index contributed by atoms with van der Waals surface area (Å²) in [5.74, 6) is 0.751. The van der Waals surface area contributed by atoms with Gasteiger partial charge in [0.15, 0.2) is 5.82 Å². The molecule has 0 bridgehead atoms. The summed E-state index contributed by atoms with van der Waals surface area (Å²) in [7, 11) is 1.69. The van der Waals surface area contributed by atoms with Crippen molar-refractivity contribution in [3.8, 4) is 11.4 Å². The highest BCUT2D eigenvalue weighted by Crippen LogP contribution is 2.36. The van der Waals surface area contributed by atoms with Crippen molar-refractivity contribution >= 4 is 41.9 Å². The average Bonchev–Trinajstić information content (AvgIpc) is 2.78. The van der Waals surface area contributed by atoms with Crippen LogP contribution in [0.1, 0.15) is 18.2 Å². The molecule has 31 heavy (non-hydrogen) atoms. The summed E-state index contributed by atoms with van der Waals surface area (Å²) < 4.78 is 19.5. The number of rotatable bonds is 7. The van der Waals surface area contributed by atoms with Crippen molar-refractivity contribution in [1.82, 2.24) is 14.9 Å². The van der Waals surface area contributed by atoms with Gasteiger partial charge in [-0.25, -0.2) is 9.97 Å². The van der Waals surface area contributed by atoms with Crippen molar-refractivity contribution in [3.63, 3.8) is 0 Å². The number of anilines is 2. The molecule has 164 valence electrons. The topological polar surface area (TPSA) is 108 Å². The minimum Gasteiger partial charge on any atom is -0.398 e. The molecule has 1 aliphatic rings. The Balaban J connectivity index is 2.13. The minimum atomic E-state index is -0.0718. The molecule has 0 atom stereocenters. The molecule has 2 aromatic rings. The molecule has 0 radical (unpaired) electrons. The maximum Gasteiger partial charge on any atom is 0.219 e. The van der Waals surface area contributed by atoms with Crippen LogP contribution >= 0.6 is 12.1 Å². The zero-order chi connectivity index (χ0) is 22.4. The number of halogens is 1. The quantitative estimate of drug-likeness (QED) is 0.499. The minimum absolute atomic E-state index is 0.0718. The molecule has 1 aromatic heterocycles. The van der Waals surface area contributed by atoms with E-state index in [1.807, 2.05) is 4.90 Å². The largest absolute Gasteiger partial charge is 0.398 e. The summed E-state index contributed by atoms with van der Waals surface area (Å²) in [5, 5.41) is 7.75. The molecule has 2 heterocycles. The Labute approximate surface area is 185 Å². The number of amides is 1. The van der Waals surface area contributed by atoms with Crippen molar-refractivity contribution in [2.75, 3.05) is 50.5 Å². The summed E-state index contributed by atoms with van der Waals surface area (Å²) in [6.45, 7) is 4.04. The van der Waals surface area contributed by atoms with Crippen LogP contribution < -0.4 is 10.6 Å². The monoisotopic (exact) mass is 444 g/mol. The van der Waals surface area contributed by atoms with Gasteiger partial charge >= 0.3 is 0 Å². The van der Waals surface area contributed by atoms with E-state index in [4.69, 9.17) is 15.9 Å². The molecule has 10 heteroatoms. The second-order valence-electron chi connectivity index (χ2n) is 7.02. The van der Waals surface area contributed by atoms with Crippen molar-refractivity contribution in [2.24, 2.45) is 0 Å². The number of benzene rings is 1. The molecule has 1 amide bonds. The number of nitrogens with two attached hydrogens (primary N) is 1. The Bertz CT molecular complexity index is 994. The average molecular weight is 445 g/mol. The number of hydrogen-bond donors (Lipinski definition) is 2. The highest BCUT2D eigenvalue weighted by molar-refractivity contribution is 7.94. The first-order chi connectivity index (χ1) is 15.0. The SMILES string of the molecule is CC(=O)N(C)C/C=C/c1nc(-c2cccc(N)c2C=N)nc(N2CCOCC2)c1SF. The lowest BCUT2D eigenvalue weighted by atomic mass is 10.1. The lowest BCUT2D eigenvalue weighted by Gasteiger charge is -2.29. The third kappa shape index (κ3) is 5.20. The Morgan fingerprint density at radius 1 is 1.39 bits per heavy atom. The van der Waals surface area contributed by atoms with Crippen LogP contribution in [-0.2, 0) is 9.53 Å². The fraction of sp³-hybridized carbons (Fsp3) is 0.333. The summed E-state index contributed by atoms with van der Waals surface area (Å²) in [6.07, 6.45) is 4.61. The molecule has 8 nitrogen and oxygen atoms in total. The van der Waals surface area contributed by atoms with Gasteiger partial charge < -0.3 is 25.7 Å². The van der Waals surface area contributed by atoms with E-state index in [0.717, 1.165) is 6.21 Å². The molecule has 1 fully saturated rings. The Morgan fingerprint density at radius 3 is 2.77 bits per heavy atom. The Hall–Kier alpha value is -2.98. The number of likely N-dealkylation sites (N-methyl/N-ethyl adjacent to an activating group) is 1. The molecule has 1 saturated heterocycles. The van der Waals surface area contributed by atoms with E-state index in [-0.39, 0.29) is 18.1 Å². The number of ether oxygens (including phenoxy) is 1. The zero-order valence-electron chi connectivity index (χ0n) is 17.5. The Kier molecular flexibility index (Phi) is 7.59. The van der Waals surface area contributed by atoms with Crippen LogP contribution in [0.15, 0.2) is 29.2 Å². The van der Waals surface area contributed by atoms with Crippen LogP contribution in [0.5, 0.6) is 0 Å². The third-order valence-corrected chi connectivity index (χ3v) is 5.53. The molecule has 0 aliphatic carbocycles. The molecule has 1 aliphatic heterocycles. The maximum absolute atomic E-state index is 14.1. The van der Waals surface area contributed by atoms with E-state index in [1.54, 1.807) is 37.4 Å². The number of nitrogen functional groups attached to an aromatic ring is 1. The van der Waals surface area contributed by atoms with Gasteiger partial charge in [0, 0.05) is 56.6 Å². The van der Waals surface area contributed by atoms with E-state index < -0.39 is 0 Å². The van der Waals surface area contributed by atoms with E-state index >= 15 is 0 Å². The van der Waals surface area contributed by atoms with Crippen molar-refractivity contribution in [1.29, 1.82) is 5.41 Å². The van der Waals surface area contributed by atoms with Crippen LogP contribution in [-0.4, -0.2) is 66.9 Å². The predicted molar refractivity (Wildman–Crippen MR) is 122 cm³/mol. The molecular weight excluding hydrogens is 419 g/mol. The summed E-state index contributed by atoms with van der Waals surface area (Å²) in [4.78, 5) is 24.5. The maximum atomic E-state index is 14.1. The first kappa shape index (κ1) is 22.7. The number of carbonyl (C=O) groups is 1. The molecule has 3 rings (SSSR count). The standard InChI is InChI=1S/C21H25FN6O2S/c1-14(29)27(2)8-4-7-18-19(31-22)21(28-9-11-30-12-10-28)26-20(25-18)15-5-3-6-17(24)16(15)13-23/h3-7,13,23H,8-12,24H2,1-2H3/b7-4+,23-13?. The van der Waals surface area contributed by atoms with Crippen LogP contribution in [0.25, 0.3) is 17.5 Å². The lowest BCUT2D eigenvalue weighted by molar-refractivity contribution is -0.127. The van der Waals surface area contributed by atoms with Gasteiger partial charge in [0.2, 0.25) is 5.91 Å². The van der Waals surface area contributed by atoms with Gasteiger partial charge in [0.25, 0.3) is 0 Å². The van der Waals surface area contributed by atoms with Gasteiger partial charge in [-0.05, 0) is 12.1 Å². The second kappa shape index (κ2) is 10.4. The highest BCUT2D eigenvalue weighted by atomic mass is 32.2. The van der Waals surface area contributed by atoms with Crippen LogP contribution in [0.3, 0.4) is 0 Å². The van der Waals surface area contributed by atoms with E-state index in [0.29, 0.717) is 71.9 Å². The summed E-state index contributed by atoms with van der Waals surface area (Å²) >= 11 is 0.0890. The van der Waals surface area contributed by atoms with Gasteiger partial charge in [-0.15, -0.1) is 0 Å². The van der Waals surface area contributed by atoms with Crippen LogP contribution in [0.4, 0.5) is 15.4 Å². The number of carbonyl (C=O) groups excluding carboxylic acids is 1. The third-order valence-electron chi connectivity index (χ3n) is 4.98. The zero-order valence-corrected chi connectivity index (χ0v) is 18.3. The first-order valence-electron chi connectivity index (χ1n) is 9.77. The predicted octanol–water partition coefficient (Wildman–Crippen LogP) is 3.03. The number of aromatic nitrogens is 2. The number of morpholine rings is 1. The van der Waals surface area contributed by atoms with Crippen LogP contribution in [0.2, 0.25) is 0 Å². The summed E-state index contributed by atoms with van der Waals surface area (Å²) in [5.41, 5.74) is 7.97. The smallest absolute Gasteiger partial charge is 0.219 e. The van der Waals surface area contributed by atoms with E-state index in [9.17, 15) is 8.68 Å². The number of nitrogens with zero attached hydrogens (tertiary/aromatic N) is 4. The highest BCUT2D eigenvalue weighted by Gasteiger charge is 2.23. The molecular formula is C21H25FN6O2S. The van der Waals surface area contributed by atoms with Crippen molar-refractivity contribution in [3.05, 3.63) is 35.5 Å². The van der Waals surface area contributed by atoms with E-state index in [2.05, 4.69) is 9.97 Å². The first-order valence-corrected chi connectivity index (χ1v) is 10.5. The normalized spacial score (nSPS) is 14.1. The molecule has 3 N–H and O–H groups in total. The molecule has 0 unspecified atom stereocenters. The number of nitrogens with one attached hydrogen (secondary N) is 1. The lowest BCUT2D eigenvalue weighted by Crippen LogP contribution is -2.37. The van der Waals surface area contributed by atoms with Gasteiger partial charge in [-0.2, -0.15) is 3.89 Å². The van der Waals surface area contributed by atoms with Crippen LogP contribution in [0, 0.1) is 5.41 Å². The number of hydrogen-bond acceptors (Lipinski definition) is 8. The molecule has 0 saturated carbocycles.